The highest BCUT2D eigenvalue weighted by Gasteiger charge is 2.38. The Morgan fingerprint density at radius 3 is 2.59 bits per heavy atom. The van der Waals surface area contributed by atoms with Crippen LogP contribution in [0.25, 0.3) is 33.5 Å². The van der Waals surface area contributed by atoms with Gasteiger partial charge in [0.25, 0.3) is 5.91 Å². The van der Waals surface area contributed by atoms with Crippen molar-refractivity contribution in [3.8, 4) is 22.5 Å². The second-order valence-electron chi connectivity index (χ2n) is 6.77. The van der Waals surface area contributed by atoms with Crippen LogP contribution in [0.5, 0.6) is 0 Å². The standard InChI is InChI=1S/C18H14N6O.C2HF3O2/c25-18-16-9-15(23-24(16)6-5-21-18)11-1-3-19-14(8-11)13-7-12-2-4-20-17(12)22-10-13;3-2(4,5)1(6)7/h1-4,7-10H,5-6H2,(H,20,22)(H,21,25);(H,6,7). The van der Waals surface area contributed by atoms with E-state index in [0.717, 1.165) is 33.5 Å². The van der Waals surface area contributed by atoms with Gasteiger partial charge in [0.15, 0.2) is 0 Å². The van der Waals surface area contributed by atoms with Crippen molar-refractivity contribution in [3.63, 3.8) is 0 Å². The highest BCUT2D eigenvalue weighted by atomic mass is 19.4. The number of H-pyrrole nitrogens is 1. The molecule has 0 aromatic carbocycles. The molecule has 4 aromatic heterocycles. The number of aromatic amines is 1. The number of amides is 1. The third-order valence-electron chi connectivity index (χ3n) is 4.62. The van der Waals surface area contributed by atoms with Crippen molar-refractivity contribution in [1.29, 1.82) is 0 Å². The number of nitrogens with zero attached hydrogens (tertiary/aromatic N) is 4. The Kier molecular flexibility index (Phi) is 5.34. The summed E-state index contributed by atoms with van der Waals surface area (Å²) in [4.78, 5) is 32.8. The number of nitrogens with one attached hydrogen (secondary N) is 2. The van der Waals surface area contributed by atoms with Crippen LogP contribution in [0.4, 0.5) is 13.2 Å². The molecule has 1 aliphatic heterocycles. The summed E-state index contributed by atoms with van der Waals surface area (Å²) in [6, 6.07) is 9.73. The molecule has 0 aliphatic carbocycles. The fraction of sp³-hybridized carbons (Fsp3) is 0.150. The molecular formula is C20H15F3N6O3. The zero-order valence-corrected chi connectivity index (χ0v) is 16.2. The van der Waals surface area contributed by atoms with Gasteiger partial charge in [-0.3, -0.25) is 14.5 Å². The quantitative estimate of drug-likeness (QED) is 0.437. The molecule has 3 N–H and O–H groups in total. The molecule has 32 heavy (non-hydrogen) atoms. The Bertz CT molecular complexity index is 1310. The van der Waals surface area contributed by atoms with Crippen molar-refractivity contribution < 1.29 is 27.9 Å². The molecule has 12 heteroatoms. The molecule has 164 valence electrons. The molecular weight excluding hydrogens is 429 g/mol. The van der Waals surface area contributed by atoms with Gasteiger partial charge in [0.05, 0.1) is 17.9 Å². The van der Waals surface area contributed by atoms with Gasteiger partial charge in [0, 0.05) is 41.6 Å². The number of fused-ring (bicyclic) bond motifs is 2. The Hall–Kier alpha value is -4.22. The zero-order valence-electron chi connectivity index (χ0n) is 16.2. The molecule has 0 unspecified atom stereocenters. The number of aromatic nitrogens is 5. The van der Waals surface area contributed by atoms with Gasteiger partial charge in [-0.15, -0.1) is 0 Å². The first-order chi connectivity index (χ1) is 15.2. The van der Waals surface area contributed by atoms with Gasteiger partial charge in [-0.05, 0) is 30.3 Å². The first-order valence-electron chi connectivity index (χ1n) is 9.28. The van der Waals surface area contributed by atoms with Crippen LogP contribution in [0, 0.1) is 0 Å². The first-order valence-corrected chi connectivity index (χ1v) is 9.28. The van der Waals surface area contributed by atoms with E-state index in [4.69, 9.17) is 9.90 Å². The van der Waals surface area contributed by atoms with Gasteiger partial charge in [-0.1, -0.05) is 0 Å². The summed E-state index contributed by atoms with van der Waals surface area (Å²) in [5.41, 5.74) is 4.90. The minimum Gasteiger partial charge on any atom is -0.475 e. The number of carbonyl (C=O) groups excluding carboxylic acids is 1. The van der Waals surface area contributed by atoms with Gasteiger partial charge in [-0.2, -0.15) is 18.3 Å². The van der Waals surface area contributed by atoms with E-state index in [-0.39, 0.29) is 5.91 Å². The molecule has 0 fully saturated rings. The third-order valence-corrected chi connectivity index (χ3v) is 4.62. The van der Waals surface area contributed by atoms with Crippen LogP contribution in [-0.2, 0) is 11.3 Å². The van der Waals surface area contributed by atoms with Crippen LogP contribution >= 0.6 is 0 Å². The van der Waals surface area contributed by atoms with Crippen molar-refractivity contribution in [2.45, 2.75) is 12.7 Å². The second-order valence-corrected chi connectivity index (χ2v) is 6.77. The normalized spacial score (nSPS) is 13.2. The number of carboxylic acids is 1. The smallest absolute Gasteiger partial charge is 0.475 e. The maximum atomic E-state index is 11.9. The summed E-state index contributed by atoms with van der Waals surface area (Å²) >= 11 is 0. The van der Waals surface area contributed by atoms with Crippen LogP contribution in [0.3, 0.4) is 0 Å². The maximum absolute atomic E-state index is 11.9. The summed E-state index contributed by atoms with van der Waals surface area (Å²) < 4.78 is 33.5. The maximum Gasteiger partial charge on any atom is 0.490 e. The van der Waals surface area contributed by atoms with Crippen molar-refractivity contribution >= 4 is 22.9 Å². The molecule has 5 rings (SSSR count). The number of aliphatic carboxylic acids is 1. The van der Waals surface area contributed by atoms with Crippen LogP contribution in [0.1, 0.15) is 10.5 Å². The fourth-order valence-electron chi connectivity index (χ4n) is 3.10. The Labute approximate surface area is 177 Å². The number of carboxylic acid groups (broad SMARTS) is 1. The van der Waals surface area contributed by atoms with Gasteiger partial charge in [0.2, 0.25) is 0 Å². The number of carbonyl (C=O) groups is 2. The lowest BCUT2D eigenvalue weighted by atomic mass is 10.1. The van der Waals surface area contributed by atoms with E-state index in [9.17, 15) is 18.0 Å². The molecule has 0 saturated carbocycles. The van der Waals surface area contributed by atoms with E-state index in [2.05, 4.69) is 31.4 Å². The van der Waals surface area contributed by atoms with E-state index in [1.54, 1.807) is 17.1 Å². The topological polar surface area (TPSA) is 126 Å². The molecule has 0 spiro atoms. The van der Waals surface area contributed by atoms with Crippen molar-refractivity contribution in [2.24, 2.45) is 0 Å². The molecule has 1 aliphatic rings. The molecule has 4 aromatic rings. The zero-order chi connectivity index (χ0) is 22.9. The third kappa shape index (κ3) is 4.29. The Balaban J connectivity index is 0.000000307. The molecule has 0 bridgehead atoms. The van der Waals surface area contributed by atoms with Crippen LogP contribution in [0.2, 0.25) is 0 Å². The lowest BCUT2D eigenvalue weighted by Gasteiger charge is -2.13. The number of hydrogen-bond acceptors (Lipinski definition) is 5. The highest BCUT2D eigenvalue weighted by Crippen LogP contribution is 2.26. The lowest BCUT2D eigenvalue weighted by molar-refractivity contribution is -0.192. The van der Waals surface area contributed by atoms with Gasteiger partial charge in [-0.25, -0.2) is 9.78 Å². The summed E-state index contributed by atoms with van der Waals surface area (Å²) in [5.74, 6) is -2.84. The molecule has 0 radical (unpaired) electrons. The van der Waals surface area contributed by atoms with Gasteiger partial charge < -0.3 is 15.4 Å². The monoisotopic (exact) mass is 444 g/mol. The summed E-state index contributed by atoms with van der Waals surface area (Å²) in [6.07, 6.45) is 0.340. The molecule has 1 amide bonds. The van der Waals surface area contributed by atoms with Crippen molar-refractivity contribution in [3.05, 3.63) is 54.6 Å². The summed E-state index contributed by atoms with van der Waals surface area (Å²) in [6.45, 7) is 1.30. The minimum absolute atomic E-state index is 0.0820. The van der Waals surface area contributed by atoms with Gasteiger partial charge in [0.1, 0.15) is 11.3 Å². The van der Waals surface area contributed by atoms with E-state index in [1.165, 1.54) is 0 Å². The lowest BCUT2D eigenvalue weighted by Crippen LogP contribution is -2.35. The molecule has 9 nitrogen and oxygen atoms in total. The number of pyridine rings is 2. The number of rotatable bonds is 2. The van der Waals surface area contributed by atoms with Gasteiger partial charge >= 0.3 is 12.1 Å². The van der Waals surface area contributed by atoms with Crippen LogP contribution in [0.15, 0.2) is 48.9 Å². The molecule has 0 saturated heterocycles. The number of halogens is 3. The second kappa shape index (κ2) is 8.13. The number of hydrogen-bond donors (Lipinski definition) is 3. The van der Waals surface area contributed by atoms with E-state index in [0.29, 0.717) is 18.8 Å². The van der Waals surface area contributed by atoms with Crippen LogP contribution < -0.4 is 5.32 Å². The first kappa shape index (κ1) is 21.0. The predicted octanol–water partition coefficient (Wildman–Crippen LogP) is 2.87. The molecule has 0 atom stereocenters. The molecule has 5 heterocycles. The fourth-order valence-corrected chi connectivity index (χ4v) is 3.10. The van der Waals surface area contributed by atoms with E-state index < -0.39 is 12.1 Å². The van der Waals surface area contributed by atoms with Crippen LogP contribution in [-0.4, -0.2) is 54.4 Å². The highest BCUT2D eigenvalue weighted by molar-refractivity contribution is 5.94. The minimum atomic E-state index is -5.08. The van der Waals surface area contributed by atoms with Crippen molar-refractivity contribution in [2.75, 3.05) is 6.54 Å². The Morgan fingerprint density at radius 1 is 1.09 bits per heavy atom. The predicted molar refractivity (Wildman–Crippen MR) is 107 cm³/mol. The van der Waals surface area contributed by atoms with E-state index >= 15 is 0 Å². The Morgan fingerprint density at radius 2 is 1.88 bits per heavy atom. The average molecular weight is 444 g/mol. The number of alkyl halides is 3. The SMILES string of the molecule is O=C(O)C(F)(F)F.O=C1NCCn2nc(-c3ccnc(-c4cnc5[nH]ccc5c4)c3)cc21. The average Bonchev–Trinajstić information content (AvgIpc) is 3.41. The summed E-state index contributed by atoms with van der Waals surface area (Å²) in [5, 5.41) is 15.6. The van der Waals surface area contributed by atoms with E-state index in [1.807, 2.05) is 30.5 Å². The largest absolute Gasteiger partial charge is 0.490 e. The van der Waals surface area contributed by atoms with Crippen molar-refractivity contribution in [1.82, 2.24) is 30.0 Å². The summed E-state index contributed by atoms with van der Waals surface area (Å²) in [7, 11) is 0.